The van der Waals surface area contributed by atoms with Gasteiger partial charge in [-0.05, 0) is 35.6 Å². The molecule has 1 aliphatic rings. The van der Waals surface area contributed by atoms with Crippen molar-refractivity contribution in [1.29, 1.82) is 0 Å². The maximum atomic E-state index is 5.95. The Balaban J connectivity index is 1.39. The van der Waals surface area contributed by atoms with Gasteiger partial charge in [0.05, 0.1) is 20.0 Å². The van der Waals surface area contributed by atoms with E-state index in [1.54, 1.807) is 7.11 Å². The Morgan fingerprint density at radius 1 is 1.16 bits per heavy atom. The van der Waals surface area contributed by atoms with Gasteiger partial charge in [0, 0.05) is 30.9 Å². The van der Waals surface area contributed by atoms with Crippen molar-refractivity contribution in [2.24, 2.45) is 5.92 Å². The molecule has 2 aromatic carbocycles. The number of hydrogen-bond donors (Lipinski definition) is 0. The summed E-state index contributed by atoms with van der Waals surface area (Å²) < 4.78 is 13.3. The Hall–Kier alpha value is -2.75. The van der Waals surface area contributed by atoms with Crippen molar-refractivity contribution >= 4 is 0 Å². The van der Waals surface area contributed by atoms with Gasteiger partial charge in [0.2, 0.25) is 0 Å². The summed E-state index contributed by atoms with van der Waals surface area (Å²) in [5.74, 6) is 2.33. The summed E-state index contributed by atoms with van der Waals surface area (Å²) in [6, 6.07) is 15.0. The number of hydrogen-bond acceptors (Lipinski definition) is 3. The minimum absolute atomic E-state index is 0.514. The number of ether oxygens (including phenoxy) is 2. The second-order valence-electron chi connectivity index (χ2n) is 6.61. The van der Waals surface area contributed by atoms with Gasteiger partial charge in [-0.2, -0.15) is 0 Å². The molecule has 1 atom stereocenters. The van der Waals surface area contributed by atoms with Crippen LogP contribution in [0, 0.1) is 5.92 Å². The molecule has 4 rings (SSSR count). The van der Waals surface area contributed by atoms with Crippen LogP contribution in [0.15, 0.2) is 61.2 Å². The molecule has 0 radical (unpaired) electrons. The molecule has 0 bridgehead atoms. The topological polar surface area (TPSA) is 36.3 Å². The molecule has 0 unspecified atom stereocenters. The third-order valence-corrected chi connectivity index (χ3v) is 4.73. The van der Waals surface area contributed by atoms with E-state index in [1.165, 1.54) is 16.7 Å². The van der Waals surface area contributed by atoms with Crippen LogP contribution in [0.25, 0.3) is 0 Å². The van der Waals surface area contributed by atoms with E-state index < -0.39 is 0 Å². The second kappa shape index (κ2) is 7.01. The second-order valence-corrected chi connectivity index (χ2v) is 6.61. The molecule has 0 saturated carbocycles. The number of methoxy groups -OCH3 is 1. The summed E-state index contributed by atoms with van der Waals surface area (Å²) in [7, 11) is 1.68. The summed E-state index contributed by atoms with van der Waals surface area (Å²) in [5.41, 5.74) is 3.92. The van der Waals surface area contributed by atoms with Crippen LogP contribution < -0.4 is 9.47 Å². The molecule has 0 aliphatic carbocycles. The van der Waals surface area contributed by atoms with Crippen LogP contribution in [0.3, 0.4) is 0 Å². The Labute approximate surface area is 148 Å². The van der Waals surface area contributed by atoms with Crippen LogP contribution in [0.2, 0.25) is 0 Å². The Bertz CT molecular complexity index is 826. The van der Waals surface area contributed by atoms with E-state index >= 15 is 0 Å². The van der Waals surface area contributed by atoms with Crippen LogP contribution >= 0.6 is 0 Å². The van der Waals surface area contributed by atoms with Gasteiger partial charge in [-0.15, -0.1) is 0 Å². The Kier molecular flexibility index (Phi) is 4.42. The van der Waals surface area contributed by atoms with E-state index in [0.29, 0.717) is 5.92 Å². The molecule has 2 heterocycles. The van der Waals surface area contributed by atoms with Crippen molar-refractivity contribution < 1.29 is 9.47 Å². The summed E-state index contributed by atoms with van der Waals surface area (Å²) in [6.45, 7) is 1.62. The number of rotatable bonds is 5. The van der Waals surface area contributed by atoms with Crippen molar-refractivity contribution in [1.82, 2.24) is 9.55 Å². The number of benzene rings is 2. The van der Waals surface area contributed by atoms with Crippen molar-refractivity contribution in [3.8, 4) is 11.5 Å². The molecule has 128 valence electrons. The van der Waals surface area contributed by atoms with Gasteiger partial charge in [0.15, 0.2) is 0 Å². The average molecular weight is 334 g/mol. The number of fused-ring (bicyclic) bond motifs is 1. The van der Waals surface area contributed by atoms with E-state index in [-0.39, 0.29) is 0 Å². The highest BCUT2D eigenvalue weighted by Crippen LogP contribution is 2.32. The molecule has 1 aromatic heterocycles. The van der Waals surface area contributed by atoms with Gasteiger partial charge in [0.25, 0.3) is 0 Å². The fraction of sp³-hybridized carbons (Fsp3) is 0.286. The standard InChI is InChI=1S/C21H22N2O2/c1-24-20-7-6-19-11-18(14-25-21(19)12-20)10-16-2-4-17(5-3-16)13-23-9-8-22-15-23/h2-9,12,15,18H,10-11,13-14H2,1H3/t18-/m0/s1. The highest BCUT2D eigenvalue weighted by Gasteiger charge is 2.20. The van der Waals surface area contributed by atoms with Crippen LogP contribution in [0.5, 0.6) is 11.5 Å². The average Bonchev–Trinajstić information content (AvgIpc) is 3.16. The van der Waals surface area contributed by atoms with Crippen LogP contribution in [-0.4, -0.2) is 23.3 Å². The Morgan fingerprint density at radius 3 is 2.76 bits per heavy atom. The summed E-state index contributed by atoms with van der Waals surface area (Å²) in [6.07, 6.45) is 7.73. The van der Waals surface area contributed by atoms with Gasteiger partial charge < -0.3 is 14.0 Å². The minimum Gasteiger partial charge on any atom is -0.497 e. The normalized spacial score (nSPS) is 16.1. The zero-order chi connectivity index (χ0) is 17.1. The maximum Gasteiger partial charge on any atom is 0.126 e. The lowest BCUT2D eigenvalue weighted by atomic mass is 9.90. The van der Waals surface area contributed by atoms with Crippen LogP contribution in [-0.2, 0) is 19.4 Å². The predicted molar refractivity (Wildman–Crippen MR) is 97.2 cm³/mol. The maximum absolute atomic E-state index is 5.95. The largest absolute Gasteiger partial charge is 0.497 e. The van der Waals surface area contributed by atoms with Crippen LogP contribution in [0.1, 0.15) is 16.7 Å². The predicted octanol–water partition coefficient (Wildman–Crippen LogP) is 3.73. The third kappa shape index (κ3) is 3.68. The number of nitrogens with zero attached hydrogens (tertiary/aromatic N) is 2. The Morgan fingerprint density at radius 2 is 2.00 bits per heavy atom. The van der Waals surface area contributed by atoms with Crippen molar-refractivity contribution in [2.75, 3.05) is 13.7 Å². The van der Waals surface area contributed by atoms with Gasteiger partial charge in [-0.25, -0.2) is 4.98 Å². The van der Waals surface area contributed by atoms with Gasteiger partial charge in [-0.3, -0.25) is 0 Å². The monoisotopic (exact) mass is 334 g/mol. The van der Waals surface area contributed by atoms with Crippen molar-refractivity contribution in [3.63, 3.8) is 0 Å². The van der Waals surface area contributed by atoms with Gasteiger partial charge in [0.1, 0.15) is 11.5 Å². The van der Waals surface area contributed by atoms with Crippen molar-refractivity contribution in [3.05, 3.63) is 77.9 Å². The molecular formula is C21H22N2O2. The number of aromatic nitrogens is 2. The van der Waals surface area contributed by atoms with E-state index in [4.69, 9.17) is 9.47 Å². The molecule has 0 spiro atoms. The smallest absolute Gasteiger partial charge is 0.126 e. The molecular weight excluding hydrogens is 312 g/mol. The minimum atomic E-state index is 0.514. The summed E-state index contributed by atoms with van der Waals surface area (Å²) in [4.78, 5) is 4.08. The molecule has 0 saturated heterocycles. The van der Waals surface area contributed by atoms with Gasteiger partial charge in [-0.1, -0.05) is 30.3 Å². The highest BCUT2D eigenvalue weighted by molar-refractivity contribution is 5.42. The highest BCUT2D eigenvalue weighted by atomic mass is 16.5. The molecule has 25 heavy (non-hydrogen) atoms. The van der Waals surface area contributed by atoms with Gasteiger partial charge >= 0.3 is 0 Å². The first-order valence-electron chi connectivity index (χ1n) is 8.63. The molecule has 3 aromatic rings. The summed E-state index contributed by atoms with van der Waals surface area (Å²) in [5, 5.41) is 0. The lowest BCUT2D eigenvalue weighted by Crippen LogP contribution is -2.22. The zero-order valence-electron chi connectivity index (χ0n) is 14.4. The first-order chi connectivity index (χ1) is 12.3. The van der Waals surface area contributed by atoms with E-state index in [1.807, 2.05) is 30.9 Å². The zero-order valence-corrected chi connectivity index (χ0v) is 14.4. The first kappa shape index (κ1) is 15.8. The molecule has 1 aliphatic heterocycles. The van der Waals surface area contributed by atoms with E-state index in [0.717, 1.165) is 37.5 Å². The molecule has 4 nitrogen and oxygen atoms in total. The molecule has 0 N–H and O–H groups in total. The third-order valence-electron chi connectivity index (χ3n) is 4.73. The first-order valence-corrected chi connectivity index (χ1v) is 8.63. The molecule has 0 amide bonds. The lowest BCUT2D eigenvalue weighted by Gasteiger charge is -2.25. The van der Waals surface area contributed by atoms with Crippen molar-refractivity contribution in [2.45, 2.75) is 19.4 Å². The lowest BCUT2D eigenvalue weighted by molar-refractivity contribution is 0.220. The molecule has 0 fully saturated rings. The quantitative estimate of drug-likeness (QED) is 0.713. The SMILES string of the molecule is COc1ccc2c(c1)OC[C@@H](Cc1ccc(Cn3ccnc3)cc1)C2. The summed E-state index contributed by atoms with van der Waals surface area (Å²) >= 11 is 0. The number of imidazole rings is 1. The van der Waals surface area contributed by atoms with E-state index in [9.17, 15) is 0 Å². The van der Waals surface area contributed by atoms with Crippen LogP contribution in [0.4, 0.5) is 0 Å². The molecule has 4 heteroatoms. The fourth-order valence-electron chi connectivity index (χ4n) is 3.38. The van der Waals surface area contributed by atoms with E-state index in [2.05, 4.69) is 39.9 Å². The fourth-order valence-corrected chi connectivity index (χ4v) is 3.38.